The van der Waals surface area contributed by atoms with Crippen molar-refractivity contribution in [2.45, 2.75) is 19.0 Å². The van der Waals surface area contributed by atoms with Crippen LogP contribution in [-0.4, -0.2) is 46.5 Å². The van der Waals surface area contributed by atoms with Crippen molar-refractivity contribution < 1.29 is 9.13 Å². The van der Waals surface area contributed by atoms with Crippen molar-refractivity contribution >= 4 is 11.6 Å². The van der Waals surface area contributed by atoms with Crippen LogP contribution in [0, 0.1) is 5.82 Å². The molecule has 1 aromatic carbocycles. The smallest absolute Gasteiger partial charge is 0.135 e. The van der Waals surface area contributed by atoms with Crippen molar-refractivity contribution in [3.05, 3.63) is 46.8 Å². The fraction of sp³-hybridized carbons (Fsp3) is 0.467. The quantitative estimate of drug-likeness (QED) is 0.818. The Hall–Kier alpha value is -1.50. The summed E-state index contributed by atoms with van der Waals surface area (Å²) in [7, 11) is 1.68. The van der Waals surface area contributed by atoms with Crippen LogP contribution in [0.1, 0.15) is 17.4 Å². The normalized spacial score (nSPS) is 16.0. The molecule has 0 amide bonds. The van der Waals surface area contributed by atoms with E-state index in [1.54, 1.807) is 19.5 Å². The fourth-order valence-corrected chi connectivity index (χ4v) is 2.91. The number of hydrogen-bond donors (Lipinski definition) is 0. The highest BCUT2D eigenvalue weighted by molar-refractivity contribution is 6.31. The van der Waals surface area contributed by atoms with Crippen molar-refractivity contribution in [3.63, 3.8) is 0 Å². The lowest BCUT2D eigenvalue weighted by Crippen LogP contribution is -2.47. The molecule has 0 N–H and O–H groups in total. The molecule has 1 fully saturated rings. The van der Waals surface area contributed by atoms with Crippen molar-refractivity contribution in [2.75, 3.05) is 26.8 Å². The number of aromatic nitrogens is 3. The molecule has 1 aromatic heterocycles. The average molecular weight is 325 g/mol. The van der Waals surface area contributed by atoms with Crippen molar-refractivity contribution in [3.8, 4) is 0 Å². The van der Waals surface area contributed by atoms with Gasteiger partial charge >= 0.3 is 0 Å². The first-order valence-electron chi connectivity index (χ1n) is 7.21. The Kier molecular flexibility index (Phi) is 4.71. The van der Waals surface area contributed by atoms with Gasteiger partial charge in [-0.05, 0) is 17.7 Å². The Balaban J connectivity index is 1.57. The van der Waals surface area contributed by atoms with Crippen LogP contribution in [0.25, 0.3) is 0 Å². The lowest BCUT2D eigenvalue weighted by molar-refractivity contribution is 0.0956. The number of rotatable bonds is 6. The molecule has 118 valence electrons. The number of nitrogens with zero attached hydrogens (tertiary/aromatic N) is 4. The van der Waals surface area contributed by atoms with Gasteiger partial charge in [-0.25, -0.2) is 4.39 Å². The van der Waals surface area contributed by atoms with Gasteiger partial charge in [-0.15, -0.1) is 10.2 Å². The highest BCUT2D eigenvalue weighted by Crippen LogP contribution is 2.26. The van der Waals surface area contributed by atoms with E-state index in [1.165, 1.54) is 12.1 Å². The molecule has 2 heterocycles. The van der Waals surface area contributed by atoms with Gasteiger partial charge in [-0.3, -0.25) is 4.90 Å². The van der Waals surface area contributed by atoms with E-state index in [2.05, 4.69) is 19.7 Å². The number of likely N-dealkylation sites (tertiary alicyclic amines) is 1. The number of hydrogen-bond acceptors (Lipinski definition) is 4. The monoisotopic (exact) mass is 324 g/mol. The molecule has 5 nitrogen and oxygen atoms in total. The third-order valence-electron chi connectivity index (χ3n) is 3.92. The molecule has 0 spiro atoms. The Morgan fingerprint density at radius 3 is 2.95 bits per heavy atom. The lowest BCUT2D eigenvalue weighted by Gasteiger charge is -2.40. The summed E-state index contributed by atoms with van der Waals surface area (Å²) in [4.78, 5) is 2.27. The molecule has 0 atom stereocenters. The second-order valence-corrected chi connectivity index (χ2v) is 5.89. The lowest BCUT2D eigenvalue weighted by atomic mass is 10.1. The number of benzene rings is 1. The summed E-state index contributed by atoms with van der Waals surface area (Å²) in [5, 5.41) is 8.61. The first-order chi connectivity index (χ1) is 10.7. The zero-order chi connectivity index (χ0) is 15.5. The van der Waals surface area contributed by atoms with Gasteiger partial charge in [0.15, 0.2) is 0 Å². The van der Waals surface area contributed by atoms with Crippen LogP contribution in [0.5, 0.6) is 0 Å². The predicted molar refractivity (Wildman–Crippen MR) is 81.3 cm³/mol. The summed E-state index contributed by atoms with van der Waals surface area (Å²) in [6.45, 7) is 3.18. The first kappa shape index (κ1) is 15.4. The fourth-order valence-electron chi connectivity index (χ4n) is 2.68. The molecule has 1 aliphatic rings. The highest BCUT2D eigenvalue weighted by atomic mass is 35.5. The minimum Gasteiger partial charge on any atom is -0.384 e. The standard InChI is InChI=1S/C15H18ClFN4O/c1-22-5-4-15-19-18-10-21(15)13-8-20(9-13)7-11-2-3-12(17)6-14(11)16/h2-3,6,10,13H,4-5,7-9H2,1H3. The predicted octanol–water partition coefficient (Wildman–Crippen LogP) is 2.32. The zero-order valence-corrected chi connectivity index (χ0v) is 13.1. The molecule has 1 aliphatic heterocycles. The Morgan fingerprint density at radius 2 is 2.23 bits per heavy atom. The van der Waals surface area contributed by atoms with E-state index in [9.17, 15) is 4.39 Å². The molecule has 0 aliphatic carbocycles. The Morgan fingerprint density at radius 1 is 1.41 bits per heavy atom. The summed E-state index contributed by atoms with van der Waals surface area (Å²) in [5.74, 6) is 0.647. The van der Waals surface area contributed by atoms with Crippen LogP contribution < -0.4 is 0 Å². The summed E-state index contributed by atoms with van der Waals surface area (Å²) < 4.78 is 20.2. The molecule has 3 rings (SSSR count). The second kappa shape index (κ2) is 6.73. The van der Waals surface area contributed by atoms with E-state index >= 15 is 0 Å². The van der Waals surface area contributed by atoms with E-state index in [-0.39, 0.29) is 5.82 Å². The second-order valence-electron chi connectivity index (χ2n) is 5.48. The molecular formula is C15H18ClFN4O. The molecule has 22 heavy (non-hydrogen) atoms. The molecule has 0 saturated carbocycles. The molecule has 0 unspecified atom stereocenters. The van der Waals surface area contributed by atoms with Crippen LogP contribution >= 0.6 is 11.6 Å². The van der Waals surface area contributed by atoms with Crippen molar-refractivity contribution in [1.29, 1.82) is 0 Å². The Bertz CT molecular complexity index is 642. The van der Waals surface area contributed by atoms with Gasteiger partial charge in [-0.1, -0.05) is 17.7 Å². The number of ether oxygens (including phenoxy) is 1. The van der Waals surface area contributed by atoms with Crippen LogP contribution in [0.3, 0.4) is 0 Å². The summed E-state index contributed by atoms with van der Waals surface area (Å²) in [6.07, 6.45) is 2.54. The number of methoxy groups -OCH3 is 1. The van der Waals surface area contributed by atoms with Gasteiger partial charge < -0.3 is 9.30 Å². The minimum absolute atomic E-state index is 0.303. The average Bonchev–Trinajstić information content (AvgIpc) is 2.90. The maximum atomic E-state index is 13.0. The molecular weight excluding hydrogens is 307 g/mol. The summed E-state index contributed by atoms with van der Waals surface area (Å²) in [6, 6.07) is 4.92. The number of halogens is 2. The highest BCUT2D eigenvalue weighted by Gasteiger charge is 2.30. The van der Waals surface area contributed by atoms with E-state index in [4.69, 9.17) is 16.3 Å². The first-order valence-corrected chi connectivity index (χ1v) is 7.58. The third kappa shape index (κ3) is 3.29. The molecule has 7 heteroatoms. The van der Waals surface area contributed by atoms with Gasteiger partial charge in [0.25, 0.3) is 0 Å². The molecule has 2 aromatic rings. The van der Waals surface area contributed by atoms with E-state index in [0.717, 1.165) is 37.4 Å². The SMILES string of the molecule is COCCc1nncn1C1CN(Cc2ccc(F)cc2Cl)C1. The third-order valence-corrected chi connectivity index (χ3v) is 4.27. The maximum Gasteiger partial charge on any atom is 0.135 e. The van der Waals surface area contributed by atoms with Crippen LogP contribution in [0.4, 0.5) is 4.39 Å². The topological polar surface area (TPSA) is 43.2 Å². The van der Waals surface area contributed by atoms with Crippen LogP contribution in [0.2, 0.25) is 5.02 Å². The van der Waals surface area contributed by atoms with Crippen molar-refractivity contribution in [1.82, 2.24) is 19.7 Å². The molecule has 0 bridgehead atoms. The van der Waals surface area contributed by atoms with Crippen molar-refractivity contribution in [2.24, 2.45) is 0 Å². The largest absolute Gasteiger partial charge is 0.384 e. The van der Waals surface area contributed by atoms with Gasteiger partial charge in [0.2, 0.25) is 0 Å². The Labute approximate surface area is 133 Å². The van der Waals surface area contributed by atoms with E-state index in [0.29, 0.717) is 17.7 Å². The zero-order valence-electron chi connectivity index (χ0n) is 12.4. The van der Waals surface area contributed by atoms with E-state index in [1.807, 2.05) is 0 Å². The summed E-state index contributed by atoms with van der Waals surface area (Å²) >= 11 is 6.07. The van der Waals surface area contributed by atoms with Gasteiger partial charge in [-0.2, -0.15) is 0 Å². The summed E-state index contributed by atoms with van der Waals surface area (Å²) in [5.41, 5.74) is 0.949. The van der Waals surface area contributed by atoms with E-state index < -0.39 is 0 Å². The molecule has 1 saturated heterocycles. The minimum atomic E-state index is -0.303. The van der Waals surface area contributed by atoms with Gasteiger partial charge in [0.05, 0.1) is 12.6 Å². The molecule has 0 radical (unpaired) electrons. The van der Waals surface area contributed by atoms with Crippen LogP contribution in [0.15, 0.2) is 24.5 Å². The van der Waals surface area contributed by atoms with Crippen LogP contribution in [-0.2, 0) is 17.7 Å². The van der Waals surface area contributed by atoms with Gasteiger partial charge in [0, 0.05) is 38.2 Å². The van der Waals surface area contributed by atoms with Gasteiger partial charge in [0.1, 0.15) is 18.0 Å². The maximum absolute atomic E-state index is 13.0.